The summed E-state index contributed by atoms with van der Waals surface area (Å²) in [4.78, 5) is 4.82. The van der Waals surface area contributed by atoms with Gasteiger partial charge in [-0.05, 0) is 61.6 Å². The van der Waals surface area contributed by atoms with Gasteiger partial charge >= 0.3 is 0 Å². The Bertz CT molecular complexity index is 1070. The lowest BCUT2D eigenvalue weighted by Gasteiger charge is -2.61. The smallest absolute Gasteiger partial charge is 0.283 e. The molecule has 164 valence electrons. The van der Waals surface area contributed by atoms with Crippen molar-refractivity contribution in [3.05, 3.63) is 58.4 Å². The Kier molecular flexibility index (Phi) is 4.54. The van der Waals surface area contributed by atoms with Crippen molar-refractivity contribution in [3.63, 3.8) is 0 Å². The van der Waals surface area contributed by atoms with Crippen molar-refractivity contribution in [3.8, 4) is 5.75 Å². The second-order valence-electron chi connectivity index (χ2n) is 9.33. The number of allylic oxidation sites excluding steroid dienone is 6. The van der Waals surface area contributed by atoms with Gasteiger partial charge in [0.15, 0.2) is 0 Å². The van der Waals surface area contributed by atoms with Crippen LogP contribution in [-0.2, 0) is 15.0 Å². The number of halogens is 2. The Morgan fingerprint density at radius 3 is 2.65 bits per heavy atom. The van der Waals surface area contributed by atoms with Crippen LogP contribution in [-0.4, -0.2) is 31.4 Å². The standard InChI is InChI=1S/C24H26ClFN2O3/c1-14-5-4-6-16(26)10-17(20(14)25)15-7-8-19-18(9-15)24(13-30-21(27)28-24)23(11-29-12-23)22(2,3)31-19/h4,6-10,14H,5,11-13H2,1-3H3,(H2,27,28). The lowest BCUT2D eigenvalue weighted by molar-refractivity contribution is -0.247. The van der Waals surface area contributed by atoms with Crippen molar-refractivity contribution in [2.75, 3.05) is 19.8 Å². The van der Waals surface area contributed by atoms with E-state index in [4.69, 9.17) is 36.5 Å². The average molecular weight is 445 g/mol. The van der Waals surface area contributed by atoms with Gasteiger partial charge in [-0.1, -0.05) is 30.7 Å². The maximum atomic E-state index is 14.4. The second-order valence-corrected chi connectivity index (χ2v) is 9.73. The van der Waals surface area contributed by atoms with Gasteiger partial charge in [0.05, 0.1) is 18.6 Å². The van der Waals surface area contributed by atoms with E-state index in [9.17, 15) is 4.39 Å². The third kappa shape index (κ3) is 2.81. The fourth-order valence-corrected chi connectivity index (χ4v) is 5.43. The molecule has 0 amide bonds. The summed E-state index contributed by atoms with van der Waals surface area (Å²) in [5.41, 5.74) is 6.63. The lowest BCUT2D eigenvalue weighted by Crippen LogP contribution is -2.71. The molecule has 1 fully saturated rings. The zero-order valence-corrected chi connectivity index (χ0v) is 18.6. The van der Waals surface area contributed by atoms with Crippen molar-refractivity contribution in [2.24, 2.45) is 22.1 Å². The van der Waals surface area contributed by atoms with Crippen molar-refractivity contribution in [1.29, 1.82) is 0 Å². The quantitative estimate of drug-likeness (QED) is 0.674. The molecule has 0 radical (unpaired) electrons. The number of rotatable bonds is 1. The molecule has 3 heterocycles. The predicted molar refractivity (Wildman–Crippen MR) is 119 cm³/mol. The molecule has 1 aliphatic carbocycles. The maximum Gasteiger partial charge on any atom is 0.283 e. The van der Waals surface area contributed by atoms with Gasteiger partial charge in [0, 0.05) is 10.6 Å². The summed E-state index contributed by atoms with van der Waals surface area (Å²) in [6.07, 6.45) is 5.45. The highest BCUT2D eigenvalue weighted by Gasteiger charge is 2.71. The highest BCUT2D eigenvalue weighted by molar-refractivity contribution is 6.33. The molecule has 0 aromatic heterocycles. The third-order valence-electron chi connectivity index (χ3n) is 7.21. The van der Waals surface area contributed by atoms with E-state index in [1.165, 1.54) is 12.2 Å². The third-order valence-corrected chi connectivity index (χ3v) is 7.79. The molecule has 5 nitrogen and oxygen atoms in total. The minimum Gasteiger partial charge on any atom is -0.487 e. The van der Waals surface area contributed by atoms with Crippen LogP contribution in [0.15, 0.2) is 52.3 Å². The van der Waals surface area contributed by atoms with Crippen LogP contribution in [0.3, 0.4) is 0 Å². The van der Waals surface area contributed by atoms with Crippen LogP contribution in [0.2, 0.25) is 0 Å². The summed E-state index contributed by atoms with van der Waals surface area (Å²) in [5, 5.41) is 0.623. The Morgan fingerprint density at radius 1 is 1.23 bits per heavy atom. The van der Waals surface area contributed by atoms with Gasteiger partial charge in [-0.15, -0.1) is 0 Å². The van der Waals surface area contributed by atoms with Gasteiger partial charge in [0.1, 0.15) is 29.3 Å². The van der Waals surface area contributed by atoms with Crippen LogP contribution in [0.25, 0.3) is 5.57 Å². The Balaban J connectivity index is 1.73. The van der Waals surface area contributed by atoms with Crippen LogP contribution in [0.5, 0.6) is 5.75 Å². The first-order chi connectivity index (χ1) is 14.7. The van der Waals surface area contributed by atoms with E-state index in [2.05, 4.69) is 13.8 Å². The molecule has 7 heteroatoms. The van der Waals surface area contributed by atoms with E-state index >= 15 is 0 Å². The number of hydrogen-bond acceptors (Lipinski definition) is 5. The molecule has 1 aromatic rings. The Hall–Kier alpha value is -2.31. The second kappa shape index (κ2) is 6.84. The molecule has 2 unspecified atom stereocenters. The molecule has 0 saturated carbocycles. The Morgan fingerprint density at radius 2 is 2.00 bits per heavy atom. The van der Waals surface area contributed by atoms with Crippen molar-refractivity contribution < 1.29 is 18.6 Å². The van der Waals surface area contributed by atoms with E-state index in [0.29, 0.717) is 42.6 Å². The summed E-state index contributed by atoms with van der Waals surface area (Å²) < 4.78 is 32.2. The number of nitrogens with zero attached hydrogens (tertiary/aromatic N) is 1. The fraction of sp³-hybridized carbons (Fsp3) is 0.458. The van der Waals surface area contributed by atoms with E-state index in [-0.39, 0.29) is 17.8 Å². The number of benzene rings is 1. The monoisotopic (exact) mass is 444 g/mol. The fourth-order valence-electron chi connectivity index (χ4n) is 5.17. The van der Waals surface area contributed by atoms with Crippen LogP contribution < -0.4 is 10.5 Å². The maximum absolute atomic E-state index is 14.4. The Labute approximate surface area is 186 Å². The molecule has 5 rings (SSSR count). The number of nitrogens with two attached hydrogens (primary N) is 1. The first-order valence-corrected chi connectivity index (χ1v) is 10.9. The normalized spacial score (nSPS) is 30.5. The minimum atomic E-state index is -0.745. The van der Waals surface area contributed by atoms with E-state index in [1.54, 1.807) is 6.08 Å². The first kappa shape index (κ1) is 20.6. The molecule has 1 saturated heterocycles. The van der Waals surface area contributed by atoms with Crippen LogP contribution in [0, 0.1) is 11.3 Å². The first-order valence-electron chi connectivity index (χ1n) is 10.5. The van der Waals surface area contributed by atoms with Gasteiger partial charge in [-0.25, -0.2) is 9.38 Å². The number of amidine groups is 1. The van der Waals surface area contributed by atoms with Crippen LogP contribution in [0.4, 0.5) is 4.39 Å². The van der Waals surface area contributed by atoms with E-state index in [0.717, 1.165) is 11.1 Å². The topological polar surface area (TPSA) is 66.1 Å². The minimum absolute atomic E-state index is 0.0762. The van der Waals surface area contributed by atoms with Crippen LogP contribution in [0.1, 0.15) is 38.3 Å². The zero-order chi connectivity index (χ0) is 22.0. The van der Waals surface area contributed by atoms with Crippen molar-refractivity contribution in [2.45, 2.75) is 38.3 Å². The molecule has 3 aliphatic heterocycles. The molecule has 2 atom stereocenters. The molecule has 4 aliphatic rings. The average Bonchev–Trinajstić information content (AvgIpc) is 3.05. The summed E-state index contributed by atoms with van der Waals surface area (Å²) in [5.74, 6) is 0.459. The van der Waals surface area contributed by atoms with Gasteiger partial charge in [-0.3, -0.25) is 0 Å². The number of ether oxygens (including phenoxy) is 3. The summed E-state index contributed by atoms with van der Waals surface area (Å²) in [6, 6.07) is 5.98. The van der Waals surface area contributed by atoms with Crippen molar-refractivity contribution in [1.82, 2.24) is 0 Å². The lowest BCUT2D eigenvalue weighted by atomic mass is 9.55. The summed E-state index contributed by atoms with van der Waals surface area (Å²) >= 11 is 6.72. The van der Waals surface area contributed by atoms with E-state index in [1.807, 2.05) is 25.1 Å². The highest BCUT2D eigenvalue weighted by Crippen LogP contribution is 2.62. The largest absolute Gasteiger partial charge is 0.487 e. The SMILES string of the molecule is CC1CC=CC(F)=CC(c2ccc3c(c2)C2(COC(N)=N2)C2(COC2)C(C)(C)O3)=C1Cl. The van der Waals surface area contributed by atoms with Gasteiger partial charge < -0.3 is 19.9 Å². The number of hydrogen-bond donors (Lipinski definition) is 1. The van der Waals surface area contributed by atoms with Crippen LogP contribution >= 0.6 is 11.6 Å². The van der Waals surface area contributed by atoms with Crippen molar-refractivity contribution >= 4 is 23.2 Å². The van der Waals surface area contributed by atoms with Gasteiger partial charge in [-0.2, -0.15) is 0 Å². The zero-order valence-electron chi connectivity index (χ0n) is 17.9. The number of fused-ring (bicyclic) bond motifs is 3. The van der Waals surface area contributed by atoms with Gasteiger partial charge in [0.2, 0.25) is 0 Å². The molecule has 2 N–H and O–H groups in total. The summed E-state index contributed by atoms with van der Waals surface area (Å²) in [6.45, 7) is 7.43. The molecular weight excluding hydrogens is 419 g/mol. The predicted octanol–water partition coefficient (Wildman–Crippen LogP) is 4.81. The number of aliphatic imine (C=N–C) groups is 1. The van der Waals surface area contributed by atoms with E-state index < -0.39 is 16.6 Å². The van der Waals surface area contributed by atoms with Gasteiger partial charge in [0.25, 0.3) is 6.02 Å². The summed E-state index contributed by atoms with van der Waals surface area (Å²) in [7, 11) is 0. The molecule has 31 heavy (non-hydrogen) atoms. The molecule has 1 aromatic carbocycles. The molecule has 2 spiro atoms. The molecular formula is C24H26ClFN2O3. The molecule has 0 bridgehead atoms. The highest BCUT2D eigenvalue weighted by atomic mass is 35.5.